The number of para-hydroxylation sites is 1. The van der Waals surface area contributed by atoms with E-state index in [1.807, 2.05) is 55.5 Å². The normalized spacial score (nSPS) is 23.0. The van der Waals surface area contributed by atoms with Crippen LogP contribution in [0.1, 0.15) is 22.8 Å². The molecule has 0 saturated carbocycles. The molecule has 1 aliphatic rings. The summed E-state index contributed by atoms with van der Waals surface area (Å²) in [4.78, 5) is 0. The number of aliphatic hydroxyl groups excluding tert-OH is 1. The second kappa shape index (κ2) is 6.20. The van der Waals surface area contributed by atoms with E-state index >= 15 is 0 Å². The lowest BCUT2D eigenvalue weighted by molar-refractivity contribution is -0.0609. The van der Waals surface area contributed by atoms with E-state index in [0.29, 0.717) is 5.75 Å². The summed E-state index contributed by atoms with van der Waals surface area (Å²) < 4.78 is 35.0. The summed E-state index contributed by atoms with van der Waals surface area (Å²) in [5.41, 5.74) is 1.31. The molecule has 6 heteroatoms. The van der Waals surface area contributed by atoms with Crippen molar-refractivity contribution >= 4 is 10.1 Å². The number of ether oxygens (including phenoxy) is 1. The molecule has 2 aromatic rings. The summed E-state index contributed by atoms with van der Waals surface area (Å²) in [6.45, 7) is 1.44. The largest absolute Gasteiger partial charge is 0.482 e. The number of fused-ring (bicyclic) bond motifs is 1. The van der Waals surface area contributed by atoms with Crippen molar-refractivity contribution in [3.63, 3.8) is 0 Å². The average molecular weight is 348 g/mol. The quantitative estimate of drug-likeness (QED) is 0.840. The first kappa shape index (κ1) is 17.0. The summed E-state index contributed by atoms with van der Waals surface area (Å²) in [5, 5.41) is 10.0. The Morgan fingerprint density at radius 2 is 1.83 bits per heavy atom. The number of rotatable bonds is 5. The van der Waals surface area contributed by atoms with E-state index in [1.54, 1.807) is 0 Å². The highest BCUT2D eigenvalue weighted by atomic mass is 32.2. The van der Waals surface area contributed by atoms with Crippen molar-refractivity contribution in [1.29, 1.82) is 0 Å². The third-order valence-corrected chi connectivity index (χ3v) is 4.86. The predicted octanol–water partition coefficient (Wildman–Crippen LogP) is 2.38. The molecule has 0 spiro atoms. The molecule has 0 amide bonds. The van der Waals surface area contributed by atoms with Crippen molar-refractivity contribution in [2.45, 2.75) is 25.0 Å². The molecular weight excluding hydrogens is 328 g/mol. The maximum absolute atomic E-state index is 11.8. The second-order valence-corrected chi connectivity index (χ2v) is 7.72. The lowest BCUT2D eigenvalue weighted by Gasteiger charge is -2.33. The van der Waals surface area contributed by atoms with Crippen LogP contribution in [0.15, 0.2) is 48.5 Å². The van der Waals surface area contributed by atoms with Gasteiger partial charge in [0.15, 0.2) is 11.7 Å². The molecule has 2 atom stereocenters. The molecule has 0 bridgehead atoms. The van der Waals surface area contributed by atoms with Gasteiger partial charge in [-0.2, -0.15) is 8.42 Å². The fourth-order valence-corrected chi connectivity index (χ4v) is 3.98. The number of hydrogen-bond acceptors (Lipinski definition) is 5. The van der Waals surface area contributed by atoms with Crippen LogP contribution in [0.3, 0.4) is 0 Å². The first-order valence-electron chi connectivity index (χ1n) is 7.66. The van der Waals surface area contributed by atoms with Crippen LogP contribution < -0.4 is 4.74 Å². The molecule has 0 unspecified atom stereocenters. The standard InChI is InChI=1S/C18H20O5S/c1-13-7-3-6-10-16(13)22-17-15-9-5-4-8-14(15)11-18(17,12-19)23-24(2,20)21/h3-10,17,19H,11-12H2,1-2H3/t17-,18+/m0/s1. The maximum atomic E-state index is 11.8. The van der Waals surface area contributed by atoms with Gasteiger partial charge in [-0.3, -0.25) is 4.18 Å². The molecule has 1 aliphatic carbocycles. The predicted molar refractivity (Wildman–Crippen MR) is 90.4 cm³/mol. The van der Waals surface area contributed by atoms with Crippen LogP contribution in [0.25, 0.3) is 0 Å². The van der Waals surface area contributed by atoms with Gasteiger partial charge in [0.25, 0.3) is 10.1 Å². The summed E-state index contributed by atoms with van der Waals surface area (Å²) in [6.07, 6.45) is 0.538. The Hall–Kier alpha value is -1.89. The lowest BCUT2D eigenvalue weighted by Crippen LogP contribution is -2.45. The van der Waals surface area contributed by atoms with E-state index in [0.717, 1.165) is 22.9 Å². The average Bonchev–Trinajstić information content (AvgIpc) is 2.82. The molecule has 0 aromatic heterocycles. The smallest absolute Gasteiger partial charge is 0.265 e. The van der Waals surface area contributed by atoms with Gasteiger partial charge in [0, 0.05) is 6.42 Å². The van der Waals surface area contributed by atoms with Crippen LogP contribution in [-0.2, 0) is 20.7 Å². The van der Waals surface area contributed by atoms with Gasteiger partial charge in [-0.25, -0.2) is 0 Å². The maximum Gasteiger partial charge on any atom is 0.265 e. The molecule has 24 heavy (non-hydrogen) atoms. The van der Waals surface area contributed by atoms with Gasteiger partial charge in [0.1, 0.15) is 5.75 Å². The van der Waals surface area contributed by atoms with Gasteiger partial charge >= 0.3 is 0 Å². The monoisotopic (exact) mass is 348 g/mol. The molecular formula is C18H20O5S. The van der Waals surface area contributed by atoms with E-state index in [9.17, 15) is 13.5 Å². The first-order chi connectivity index (χ1) is 11.3. The SMILES string of the molecule is Cc1ccccc1O[C@H]1c2ccccc2C[C@]1(CO)OS(C)(=O)=O. The summed E-state index contributed by atoms with van der Waals surface area (Å²) >= 11 is 0. The fraction of sp³-hybridized carbons (Fsp3) is 0.333. The van der Waals surface area contributed by atoms with E-state index in [1.165, 1.54) is 0 Å². The summed E-state index contributed by atoms with van der Waals surface area (Å²) in [7, 11) is -3.77. The molecule has 0 heterocycles. The topological polar surface area (TPSA) is 72.8 Å². The zero-order valence-electron chi connectivity index (χ0n) is 13.6. The van der Waals surface area contributed by atoms with Crippen LogP contribution >= 0.6 is 0 Å². The minimum atomic E-state index is -3.77. The van der Waals surface area contributed by atoms with Gasteiger partial charge in [0.2, 0.25) is 0 Å². The van der Waals surface area contributed by atoms with E-state index in [4.69, 9.17) is 8.92 Å². The Morgan fingerprint density at radius 3 is 2.50 bits per heavy atom. The van der Waals surface area contributed by atoms with Crippen molar-refractivity contribution in [1.82, 2.24) is 0 Å². The highest BCUT2D eigenvalue weighted by Gasteiger charge is 2.51. The highest BCUT2D eigenvalue weighted by molar-refractivity contribution is 7.86. The van der Waals surface area contributed by atoms with Crippen molar-refractivity contribution in [3.05, 3.63) is 65.2 Å². The van der Waals surface area contributed by atoms with Crippen LogP contribution in [0.4, 0.5) is 0 Å². The van der Waals surface area contributed by atoms with Gasteiger partial charge in [-0.1, -0.05) is 42.5 Å². The molecule has 0 saturated heterocycles. The lowest BCUT2D eigenvalue weighted by atomic mass is 9.98. The molecule has 128 valence electrons. The minimum Gasteiger partial charge on any atom is -0.482 e. The first-order valence-corrected chi connectivity index (χ1v) is 9.48. The van der Waals surface area contributed by atoms with E-state index in [2.05, 4.69) is 0 Å². The molecule has 0 fully saturated rings. The van der Waals surface area contributed by atoms with Gasteiger partial charge in [-0.15, -0.1) is 0 Å². The van der Waals surface area contributed by atoms with Crippen LogP contribution in [-0.4, -0.2) is 32.0 Å². The Balaban J connectivity index is 2.07. The highest BCUT2D eigenvalue weighted by Crippen LogP contribution is 2.45. The van der Waals surface area contributed by atoms with Crippen molar-refractivity contribution in [3.8, 4) is 5.75 Å². The van der Waals surface area contributed by atoms with Gasteiger partial charge in [0.05, 0.1) is 12.9 Å². The number of hydrogen-bond donors (Lipinski definition) is 1. The van der Waals surface area contributed by atoms with E-state index < -0.39 is 28.4 Å². The van der Waals surface area contributed by atoms with Gasteiger partial charge < -0.3 is 9.84 Å². The third kappa shape index (κ3) is 3.17. The Morgan fingerprint density at radius 1 is 1.17 bits per heavy atom. The molecule has 3 rings (SSSR count). The number of aryl methyl sites for hydroxylation is 1. The zero-order valence-corrected chi connectivity index (χ0v) is 14.4. The van der Waals surface area contributed by atoms with Crippen molar-refractivity contribution in [2.75, 3.05) is 12.9 Å². The number of aliphatic hydroxyl groups is 1. The Labute approximate surface area is 142 Å². The Bertz CT molecular complexity index is 846. The zero-order chi connectivity index (χ0) is 17.4. The molecule has 0 radical (unpaired) electrons. The van der Waals surface area contributed by atoms with Crippen LogP contribution in [0, 0.1) is 6.92 Å². The van der Waals surface area contributed by atoms with Crippen LogP contribution in [0.5, 0.6) is 5.75 Å². The second-order valence-electron chi connectivity index (χ2n) is 6.15. The van der Waals surface area contributed by atoms with Crippen molar-refractivity contribution < 1.29 is 22.4 Å². The fourth-order valence-electron chi connectivity index (χ4n) is 3.18. The molecule has 1 N–H and O–H groups in total. The molecule has 5 nitrogen and oxygen atoms in total. The molecule has 2 aromatic carbocycles. The number of benzene rings is 2. The third-order valence-electron chi connectivity index (χ3n) is 4.23. The van der Waals surface area contributed by atoms with Crippen LogP contribution in [0.2, 0.25) is 0 Å². The Kier molecular flexibility index (Phi) is 4.38. The summed E-state index contributed by atoms with van der Waals surface area (Å²) in [6, 6.07) is 15.0. The van der Waals surface area contributed by atoms with Crippen molar-refractivity contribution in [2.24, 2.45) is 0 Å². The van der Waals surface area contributed by atoms with E-state index in [-0.39, 0.29) is 6.42 Å². The van der Waals surface area contributed by atoms with Gasteiger partial charge in [-0.05, 0) is 29.7 Å². The summed E-state index contributed by atoms with van der Waals surface area (Å²) in [5.74, 6) is 0.633. The molecule has 0 aliphatic heterocycles. The minimum absolute atomic E-state index is 0.267.